The van der Waals surface area contributed by atoms with Gasteiger partial charge in [-0.3, -0.25) is 11.8 Å². The molecule has 3 aliphatic rings. The van der Waals surface area contributed by atoms with Crippen LogP contribution in [0.1, 0.15) is 49.7 Å². The number of ether oxygens (including phenoxy) is 3. The van der Waals surface area contributed by atoms with E-state index in [0.717, 1.165) is 50.8 Å². The van der Waals surface area contributed by atoms with Gasteiger partial charge in [0.05, 0.1) is 0 Å². The first-order valence-corrected chi connectivity index (χ1v) is 49.5. The first-order valence-electron chi connectivity index (χ1n) is 41.5. The van der Waals surface area contributed by atoms with E-state index in [9.17, 15) is 0 Å². The Bertz CT molecular complexity index is 4890. The molecule has 3 saturated heterocycles. The third-order valence-corrected chi connectivity index (χ3v) is 35.7. The summed E-state index contributed by atoms with van der Waals surface area (Å²) in [6, 6.07) is 167. The van der Waals surface area contributed by atoms with Gasteiger partial charge in [-0.15, -0.1) is 35.4 Å². The molecular weight excluding hydrogens is 1710 g/mol. The van der Waals surface area contributed by atoms with Crippen molar-refractivity contribution in [3.8, 4) is 11.8 Å². The Morgan fingerprint density at radius 2 is 0.268 bits per heavy atom. The monoisotopic (exact) mass is 1800 g/mol. The zero-order chi connectivity index (χ0) is 82.8. The minimum atomic E-state index is -0.882. The molecule has 618 valence electrons. The van der Waals surface area contributed by atoms with Crippen molar-refractivity contribution in [2.75, 3.05) is 39.6 Å². The predicted octanol–water partition coefficient (Wildman–Crippen LogP) is 19.6. The van der Waals surface area contributed by atoms with Gasteiger partial charge in [0.2, 0.25) is 0 Å². The number of rotatable bonds is 18. The van der Waals surface area contributed by atoms with Crippen LogP contribution in [0, 0.1) is 24.7 Å². The Morgan fingerprint density at radius 3 is 0.382 bits per heavy atom. The van der Waals surface area contributed by atoms with Crippen LogP contribution in [-0.4, -0.2) is 39.6 Å². The van der Waals surface area contributed by atoms with Gasteiger partial charge in [-0.1, -0.05) is 437 Å². The summed E-state index contributed by atoms with van der Waals surface area (Å²) >= 11 is 0. The van der Waals surface area contributed by atoms with E-state index in [0.29, 0.717) is 0 Å². The fourth-order valence-electron chi connectivity index (χ4n) is 14.2. The molecule has 0 atom stereocenters. The summed E-state index contributed by atoms with van der Waals surface area (Å²) in [5.74, 6) is 4.55. The average molecular weight is 1810 g/mol. The molecule has 0 unspecified atom stereocenters. The van der Waals surface area contributed by atoms with E-state index in [1.807, 2.05) is 60.7 Å². The molecule has 0 saturated carbocycles. The summed E-state index contributed by atoms with van der Waals surface area (Å²) in [7, 11) is -4.85. The van der Waals surface area contributed by atoms with Crippen LogP contribution in [0.4, 0.5) is 0 Å². The van der Waals surface area contributed by atoms with Gasteiger partial charge < -0.3 is 27.1 Å². The number of benzene rings is 16. The van der Waals surface area contributed by atoms with Gasteiger partial charge >= 0.3 is 34.1 Å². The summed E-state index contributed by atoms with van der Waals surface area (Å²) in [5.41, 5.74) is 1.65. The molecule has 0 spiro atoms. The molecule has 3 aliphatic heterocycles. The SMILES string of the molecule is C1CCOC1.C1CCOC1.C1CCOC1.[C-]#Cc1ccccc1.[C-]#Cc1ccccc1.[Cu+].[Cu+].c1ccc(P(c2ccccc2)c2ccccc2P(c2ccccc2)c2ccccc2P(c2ccccc2)c2ccccc2)cc1.c1ccc(P(c2ccccc2)c2ccccc2P(c2ccccc2)c2ccccc2P(c2ccccc2)c2ccccc2)cc1. The van der Waals surface area contributed by atoms with Crippen molar-refractivity contribution in [3.05, 3.63) is 485 Å². The predicted molar refractivity (Wildman–Crippen MR) is 531 cm³/mol. The van der Waals surface area contributed by atoms with E-state index in [1.54, 1.807) is 0 Å². The molecular formula is C112H100Cu2O3P6. The van der Waals surface area contributed by atoms with Crippen LogP contribution in [0.2, 0.25) is 0 Å². The largest absolute Gasteiger partial charge is 1.00 e. The fraction of sp³-hybridized carbons (Fsp3) is 0.107. The summed E-state index contributed by atoms with van der Waals surface area (Å²) < 4.78 is 14.8. The molecule has 0 aliphatic carbocycles. The second kappa shape index (κ2) is 53.3. The minimum Gasteiger partial charge on any atom is -0.381 e. The normalized spacial score (nSPS) is 12.2. The van der Waals surface area contributed by atoms with E-state index in [1.165, 1.54) is 134 Å². The van der Waals surface area contributed by atoms with Crippen LogP contribution < -0.4 is 95.5 Å². The quantitative estimate of drug-likeness (QED) is 0.0371. The van der Waals surface area contributed by atoms with E-state index >= 15 is 0 Å². The Hall–Kier alpha value is -9.86. The summed E-state index contributed by atoms with van der Waals surface area (Å²) in [4.78, 5) is 0. The van der Waals surface area contributed by atoms with Gasteiger partial charge in [0, 0.05) is 39.6 Å². The molecule has 0 radical (unpaired) electrons. The van der Waals surface area contributed by atoms with Gasteiger partial charge in [-0.05, 0) is 182 Å². The maximum atomic E-state index is 6.69. The van der Waals surface area contributed by atoms with E-state index in [2.05, 4.69) is 412 Å². The Balaban J connectivity index is 0.000000174. The third kappa shape index (κ3) is 27.8. The van der Waals surface area contributed by atoms with Crippen LogP contribution in [0.15, 0.2) is 461 Å². The molecule has 0 aromatic heterocycles. The van der Waals surface area contributed by atoms with Gasteiger partial charge in [0.25, 0.3) is 0 Å². The van der Waals surface area contributed by atoms with Gasteiger partial charge in [0.1, 0.15) is 0 Å². The number of hydrogen-bond acceptors (Lipinski definition) is 3. The minimum absolute atomic E-state index is 0. The third-order valence-electron chi connectivity index (χ3n) is 19.9. The second-order valence-corrected chi connectivity index (χ2v) is 41.3. The van der Waals surface area contributed by atoms with Crippen molar-refractivity contribution in [2.24, 2.45) is 0 Å². The average Bonchev–Trinajstić information content (AvgIpc) is 1.00. The van der Waals surface area contributed by atoms with Crippen LogP contribution in [0.5, 0.6) is 0 Å². The Morgan fingerprint density at radius 1 is 0.154 bits per heavy atom. The molecule has 16 aromatic rings. The van der Waals surface area contributed by atoms with Crippen molar-refractivity contribution in [3.63, 3.8) is 0 Å². The molecule has 123 heavy (non-hydrogen) atoms. The van der Waals surface area contributed by atoms with Gasteiger partial charge in [-0.25, -0.2) is 0 Å². The topological polar surface area (TPSA) is 27.7 Å². The molecule has 16 aromatic carbocycles. The molecule has 19 rings (SSSR count). The Labute approximate surface area is 760 Å². The maximum Gasteiger partial charge on any atom is 1.00 e. The Kier molecular flexibility index (Phi) is 40.7. The van der Waals surface area contributed by atoms with Crippen LogP contribution >= 0.6 is 47.5 Å². The summed E-state index contributed by atoms with van der Waals surface area (Å²) in [6.45, 7) is 6.00. The smallest absolute Gasteiger partial charge is 0.381 e. The zero-order valence-corrected chi connectivity index (χ0v) is 76.1. The van der Waals surface area contributed by atoms with Crippen molar-refractivity contribution in [1.29, 1.82) is 0 Å². The first-order chi connectivity index (χ1) is 60.1. The second-order valence-electron chi connectivity index (χ2n) is 28.3. The molecule has 11 heteroatoms. The van der Waals surface area contributed by atoms with Crippen LogP contribution in [0.25, 0.3) is 0 Å². The van der Waals surface area contributed by atoms with Gasteiger partial charge in [-0.2, -0.15) is 0 Å². The molecule has 3 fully saturated rings. The van der Waals surface area contributed by atoms with Crippen molar-refractivity contribution < 1.29 is 48.3 Å². The molecule has 0 bridgehead atoms. The van der Waals surface area contributed by atoms with Gasteiger partial charge in [0.15, 0.2) is 0 Å². The van der Waals surface area contributed by atoms with E-state index in [-0.39, 0.29) is 34.1 Å². The standard InChI is InChI=1S/2C42H33P3.2C8H5.3C4H8O.2Cu/c2*1-6-20-34(21-7-1)43(35-22-8-2-9-23-35)39-30-16-18-32-41(39)45(38-28-14-5-15-29-38)42-33-19-17-31-40(42)44(36-24-10-3-11-25-36)37-26-12-4-13-27-37;2*1-2-8-6-4-3-5-7-8;3*1-2-4-5-3-1;;/h2*1-33H;2*3-7H;3*1-4H2;;/q;;2*-1;;;;2*+1. The van der Waals surface area contributed by atoms with Crippen molar-refractivity contribution >= 4 is 143 Å². The van der Waals surface area contributed by atoms with Crippen LogP contribution in [0.3, 0.4) is 0 Å². The summed E-state index contributed by atoms with van der Waals surface area (Å²) in [5, 5.41) is 25.2. The van der Waals surface area contributed by atoms with Crippen molar-refractivity contribution in [1.82, 2.24) is 0 Å². The maximum absolute atomic E-state index is 6.69. The molecule has 0 amide bonds. The van der Waals surface area contributed by atoms with Crippen LogP contribution in [-0.2, 0) is 48.3 Å². The fourth-order valence-corrected chi connectivity index (χ4v) is 30.7. The van der Waals surface area contributed by atoms with E-state index in [4.69, 9.17) is 27.1 Å². The number of hydrogen-bond donors (Lipinski definition) is 0. The zero-order valence-electron chi connectivity index (χ0n) is 68.9. The molecule has 0 N–H and O–H groups in total. The first kappa shape index (κ1) is 93.8. The molecule has 3 heterocycles. The van der Waals surface area contributed by atoms with E-state index < -0.39 is 47.5 Å². The van der Waals surface area contributed by atoms with Crippen molar-refractivity contribution in [2.45, 2.75) is 38.5 Å². The summed E-state index contributed by atoms with van der Waals surface area (Å²) in [6.07, 6.45) is 21.1. The molecule has 3 nitrogen and oxygen atoms in total.